The highest BCUT2D eigenvalue weighted by Gasteiger charge is 2.12. The molecule has 0 radical (unpaired) electrons. The van der Waals surface area contributed by atoms with Crippen LogP contribution in [0.1, 0.15) is 24.7 Å². The highest BCUT2D eigenvalue weighted by molar-refractivity contribution is 7.98. The molecule has 0 aliphatic carbocycles. The van der Waals surface area contributed by atoms with Gasteiger partial charge in [0, 0.05) is 18.5 Å². The molecule has 1 heterocycles. The SMILES string of the molecule is CCc1noc(-c2ccc(CCNC(=O)[C@@H](N)CCSC)cc2)n1. The summed E-state index contributed by atoms with van der Waals surface area (Å²) in [7, 11) is 0. The number of thioether (sulfide) groups is 1. The smallest absolute Gasteiger partial charge is 0.257 e. The normalized spacial score (nSPS) is 12.1. The highest BCUT2D eigenvalue weighted by atomic mass is 32.2. The number of carbonyl (C=O) groups excluding carboxylic acids is 1. The molecule has 0 saturated carbocycles. The number of hydrogen-bond donors (Lipinski definition) is 2. The van der Waals surface area contributed by atoms with Gasteiger partial charge in [0.1, 0.15) is 0 Å². The van der Waals surface area contributed by atoms with E-state index in [1.807, 2.05) is 37.4 Å². The maximum atomic E-state index is 11.8. The van der Waals surface area contributed by atoms with Crippen LogP contribution in [0, 0.1) is 0 Å². The van der Waals surface area contributed by atoms with Gasteiger partial charge in [-0.05, 0) is 42.5 Å². The maximum absolute atomic E-state index is 11.8. The second-order valence-electron chi connectivity index (χ2n) is 5.50. The number of hydrogen-bond acceptors (Lipinski definition) is 6. The maximum Gasteiger partial charge on any atom is 0.257 e. The fourth-order valence-electron chi connectivity index (χ4n) is 2.17. The van der Waals surface area contributed by atoms with Crippen molar-refractivity contribution in [3.63, 3.8) is 0 Å². The summed E-state index contributed by atoms with van der Waals surface area (Å²) in [6, 6.07) is 7.49. The van der Waals surface area contributed by atoms with Crippen LogP contribution in [0.2, 0.25) is 0 Å². The predicted molar refractivity (Wildman–Crippen MR) is 96.8 cm³/mol. The second kappa shape index (κ2) is 9.44. The van der Waals surface area contributed by atoms with Crippen LogP contribution in [0.25, 0.3) is 11.5 Å². The summed E-state index contributed by atoms with van der Waals surface area (Å²) < 4.78 is 5.22. The van der Waals surface area contributed by atoms with Crippen LogP contribution in [-0.4, -0.2) is 40.6 Å². The van der Waals surface area contributed by atoms with Gasteiger partial charge < -0.3 is 15.6 Å². The molecule has 0 fully saturated rings. The minimum Gasteiger partial charge on any atom is -0.354 e. The largest absolute Gasteiger partial charge is 0.354 e. The number of aromatic nitrogens is 2. The lowest BCUT2D eigenvalue weighted by Gasteiger charge is -2.11. The molecule has 130 valence electrons. The fourth-order valence-corrected chi connectivity index (χ4v) is 2.66. The van der Waals surface area contributed by atoms with Crippen molar-refractivity contribution in [3.05, 3.63) is 35.7 Å². The number of nitrogens with one attached hydrogen (secondary N) is 1. The number of benzene rings is 1. The van der Waals surface area contributed by atoms with Crippen LogP contribution >= 0.6 is 11.8 Å². The molecule has 7 heteroatoms. The summed E-state index contributed by atoms with van der Waals surface area (Å²) in [4.78, 5) is 16.1. The van der Waals surface area contributed by atoms with Gasteiger partial charge in [0.2, 0.25) is 5.91 Å². The van der Waals surface area contributed by atoms with E-state index in [1.165, 1.54) is 0 Å². The topological polar surface area (TPSA) is 94.0 Å². The van der Waals surface area contributed by atoms with Crippen molar-refractivity contribution in [2.75, 3.05) is 18.6 Å². The predicted octanol–water partition coefficient (Wildman–Crippen LogP) is 2.04. The lowest BCUT2D eigenvalue weighted by Crippen LogP contribution is -2.41. The number of nitrogens with zero attached hydrogens (tertiary/aromatic N) is 2. The molecule has 0 bridgehead atoms. The van der Waals surface area contributed by atoms with E-state index in [4.69, 9.17) is 10.3 Å². The molecule has 0 spiro atoms. The van der Waals surface area contributed by atoms with Gasteiger partial charge >= 0.3 is 0 Å². The van der Waals surface area contributed by atoms with E-state index < -0.39 is 6.04 Å². The Balaban J connectivity index is 1.80. The van der Waals surface area contributed by atoms with E-state index in [0.717, 1.165) is 29.7 Å². The molecule has 1 aromatic heterocycles. The zero-order valence-electron chi connectivity index (χ0n) is 14.1. The summed E-state index contributed by atoms with van der Waals surface area (Å²) in [6.07, 6.45) is 4.21. The zero-order chi connectivity index (χ0) is 17.4. The van der Waals surface area contributed by atoms with Gasteiger partial charge in [-0.15, -0.1) is 0 Å². The molecule has 1 atom stereocenters. The van der Waals surface area contributed by atoms with E-state index in [1.54, 1.807) is 11.8 Å². The van der Waals surface area contributed by atoms with Gasteiger partial charge in [0.05, 0.1) is 6.04 Å². The molecule has 0 aliphatic rings. The molecule has 0 unspecified atom stereocenters. The van der Waals surface area contributed by atoms with E-state index in [-0.39, 0.29) is 5.91 Å². The Hall–Kier alpha value is -1.86. The van der Waals surface area contributed by atoms with Gasteiger partial charge in [-0.1, -0.05) is 24.2 Å². The van der Waals surface area contributed by atoms with Gasteiger partial charge in [-0.2, -0.15) is 16.7 Å². The first kappa shape index (κ1) is 18.5. The molecule has 0 aliphatic heterocycles. The highest BCUT2D eigenvalue weighted by Crippen LogP contribution is 2.18. The molecule has 6 nitrogen and oxygen atoms in total. The van der Waals surface area contributed by atoms with Gasteiger partial charge in [-0.3, -0.25) is 4.79 Å². The molecule has 2 rings (SSSR count). The molecule has 1 aromatic carbocycles. The number of nitrogens with two attached hydrogens (primary N) is 1. The van der Waals surface area contributed by atoms with Crippen LogP contribution < -0.4 is 11.1 Å². The van der Waals surface area contributed by atoms with E-state index in [0.29, 0.717) is 24.7 Å². The first-order valence-electron chi connectivity index (χ1n) is 8.08. The van der Waals surface area contributed by atoms with Crippen molar-refractivity contribution in [1.82, 2.24) is 15.5 Å². The van der Waals surface area contributed by atoms with Gasteiger partial charge in [0.25, 0.3) is 5.89 Å². The number of rotatable bonds is 9. The van der Waals surface area contributed by atoms with Gasteiger partial charge in [0.15, 0.2) is 5.82 Å². The molecular weight excluding hydrogens is 324 g/mol. The van der Waals surface area contributed by atoms with Crippen molar-refractivity contribution in [1.29, 1.82) is 0 Å². The van der Waals surface area contributed by atoms with Crippen LogP contribution in [0.4, 0.5) is 0 Å². The molecule has 0 saturated heterocycles. The molecule has 2 aromatic rings. The summed E-state index contributed by atoms with van der Waals surface area (Å²) >= 11 is 1.69. The van der Waals surface area contributed by atoms with E-state index >= 15 is 0 Å². The monoisotopic (exact) mass is 348 g/mol. The lowest BCUT2D eigenvalue weighted by atomic mass is 10.1. The Bertz CT molecular complexity index is 642. The van der Waals surface area contributed by atoms with Crippen molar-refractivity contribution < 1.29 is 9.32 Å². The minimum atomic E-state index is -0.426. The number of amides is 1. The average Bonchev–Trinajstić information content (AvgIpc) is 3.09. The lowest BCUT2D eigenvalue weighted by molar-refractivity contribution is -0.122. The fraction of sp³-hybridized carbons (Fsp3) is 0.471. The first-order valence-corrected chi connectivity index (χ1v) is 9.47. The molecular formula is C17H24N4O2S. The summed E-state index contributed by atoms with van der Waals surface area (Å²) in [5, 5.41) is 6.78. The number of aryl methyl sites for hydroxylation is 1. The second-order valence-corrected chi connectivity index (χ2v) is 6.48. The van der Waals surface area contributed by atoms with E-state index in [2.05, 4.69) is 15.5 Å². The van der Waals surface area contributed by atoms with Crippen molar-refractivity contribution >= 4 is 17.7 Å². The zero-order valence-corrected chi connectivity index (χ0v) is 14.9. The quantitative estimate of drug-likeness (QED) is 0.720. The van der Waals surface area contributed by atoms with Crippen molar-refractivity contribution in [2.45, 2.75) is 32.2 Å². The van der Waals surface area contributed by atoms with Crippen LogP contribution in [0.15, 0.2) is 28.8 Å². The Morgan fingerprint density at radius 3 is 2.75 bits per heavy atom. The summed E-state index contributed by atoms with van der Waals surface area (Å²) in [6.45, 7) is 2.56. The van der Waals surface area contributed by atoms with Gasteiger partial charge in [-0.25, -0.2) is 0 Å². The van der Waals surface area contributed by atoms with E-state index in [9.17, 15) is 4.79 Å². The standard InChI is InChI=1S/C17H24N4O2S/c1-3-15-20-17(23-21-15)13-6-4-12(5-7-13)8-10-19-16(22)14(18)9-11-24-2/h4-7,14H,3,8-11,18H2,1-2H3,(H,19,22)/t14-/m0/s1. The van der Waals surface area contributed by atoms with Crippen LogP contribution in [0.3, 0.4) is 0 Å². The Morgan fingerprint density at radius 1 is 1.38 bits per heavy atom. The molecule has 24 heavy (non-hydrogen) atoms. The Morgan fingerprint density at radius 2 is 2.12 bits per heavy atom. The molecule has 1 amide bonds. The third-order valence-corrected chi connectivity index (χ3v) is 4.31. The number of carbonyl (C=O) groups is 1. The van der Waals surface area contributed by atoms with Crippen molar-refractivity contribution in [2.24, 2.45) is 5.73 Å². The summed E-state index contributed by atoms with van der Waals surface area (Å²) in [5.74, 6) is 2.05. The average molecular weight is 348 g/mol. The Labute approximate surface area is 146 Å². The summed E-state index contributed by atoms with van der Waals surface area (Å²) in [5.41, 5.74) is 7.86. The van der Waals surface area contributed by atoms with Crippen LogP contribution in [0.5, 0.6) is 0 Å². The van der Waals surface area contributed by atoms with Crippen molar-refractivity contribution in [3.8, 4) is 11.5 Å². The van der Waals surface area contributed by atoms with Crippen LogP contribution in [-0.2, 0) is 17.6 Å². The molecule has 3 N–H and O–H groups in total. The Kier molecular flexibility index (Phi) is 7.27. The minimum absolute atomic E-state index is 0.0846. The third-order valence-electron chi connectivity index (χ3n) is 3.67. The first-order chi connectivity index (χ1) is 11.6. The third kappa shape index (κ3) is 5.35.